The Morgan fingerprint density at radius 1 is 1.61 bits per heavy atom. The smallest absolute Gasteiger partial charge is 0.317 e. The van der Waals surface area contributed by atoms with Crippen molar-refractivity contribution in [2.75, 3.05) is 19.6 Å². The first-order chi connectivity index (χ1) is 10.9. The Balaban J connectivity index is 1.56. The molecule has 6 nitrogen and oxygen atoms in total. The van der Waals surface area contributed by atoms with E-state index in [1.54, 1.807) is 16.2 Å². The van der Waals surface area contributed by atoms with Gasteiger partial charge in [-0.2, -0.15) is 0 Å². The molecule has 1 unspecified atom stereocenters. The molecule has 1 aromatic heterocycles. The number of hydrogen-bond acceptors (Lipinski definition) is 4. The SMILES string of the molecule is Cc1cnc(C(C)CNC(=O)N2C[C@@H]3CCC[C@@]3(C(=O)O)C2)s1. The van der Waals surface area contributed by atoms with E-state index in [2.05, 4.69) is 10.3 Å². The first kappa shape index (κ1) is 16.2. The molecule has 0 radical (unpaired) electrons. The van der Waals surface area contributed by atoms with E-state index in [-0.39, 0.29) is 17.9 Å². The molecular weight excluding hydrogens is 314 g/mol. The molecule has 0 spiro atoms. The van der Waals surface area contributed by atoms with Gasteiger partial charge < -0.3 is 15.3 Å². The molecule has 1 saturated carbocycles. The van der Waals surface area contributed by atoms with E-state index in [0.717, 1.165) is 22.7 Å². The van der Waals surface area contributed by atoms with Crippen LogP contribution in [0.3, 0.4) is 0 Å². The van der Waals surface area contributed by atoms with E-state index in [1.807, 2.05) is 20.0 Å². The van der Waals surface area contributed by atoms with Crippen molar-refractivity contribution in [1.82, 2.24) is 15.2 Å². The van der Waals surface area contributed by atoms with Crippen molar-refractivity contribution in [3.05, 3.63) is 16.1 Å². The van der Waals surface area contributed by atoms with Crippen LogP contribution in [0.1, 0.15) is 42.0 Å². The quantitative estimate of drug-likeness (QED) is 0.884. The molecule has 2 N–H and O–H groups in total. The number of hydrogen-bond donors (Lipinski definition) is 2. The minimum Gasteiger partial charge on any atom is -0.481 e. The molecule has 3 atom stereocenters. The Kier molecular flexibility index (Phi) is 4.31. The number of fused-ring (bicyclic) bond motifs is 1. The van der Waals surface area contributed by atoms with Crippen molar-refractivity contribution in [2.45, 2.75) is 39.0 Å². The lowest BCUT2D eigenvalue weighted by Crippen LogP contribution is -2.42. The Morgan fingerprint density at radius 2 is 2.39 bits per heavy atom. The highest BCUT2D eigenvalue weighted by atomic mass is 32.1. The summed E-state index contributed by atoms with van der Waals surface area (Å²) in [5, 5.41) is 13.5. The zero-order valence-corrected chi connectivity index (χ0v) is 14.4. The van der Waals surface area contributed by atoms with Crippen LogP contribution in [0.4, 0.5) is 4.79 Å². The predicted octanol–water partition coefficient (Wildman–Crippen LogP) is 2.45. The molecule has 2 aliphatic rings. The third-order valence-electron chi connectivity index (χ3n) is 5.20. The highest BCUT2D eigenvalue weighted by Gasteiger charge is 2.55. The van der Waals surface area contributed by atoms with Crippen molar-refractivity contribution in [3.8, 4) is 0 Å². The van der Waals surface area contributed by atoms with Gasteiger partial charge in [0.25, 0.3) is 0 Å². The van der Waals surface area contributed by atoms with E-state index in [1.165, 1.54) is 0 Å². The van der Waals surface area contributed by atoms with Crippen molar-refractivity contribution in [1.29, 1.82) is 0 Å². The lowest BCUT2D eigenvalue weighted by molar-refractivity contribution is -0.149. The molecule has 126 valence electrons. The van der Waals surface area contributed by atoms with Crippen LogP contribution in [0.25, 0.3) is 0 Å². The minimum absolute atomic E-state index is 0.102. The van der Waals surface area contributed by atoms with Gasteiger partial charge in [0.2, 0.25) is 0 Å². The summed E-state index contributed by atoms with van der Waals surface area (Å²) in [6.07, 6.45) is 4.39. The molecule has 2 fully saturated rings. The maximum Gasteiger partial charge on any atom is 0.317 e. The van der Waals surface area contributed by atoms with Gasteiger partial charge in [-0.25, -0.2) is 9.78 Å². The number of aryl methyl sites for hydroxylation is 1. The van der Waals surface area contributed by atoms with Gasteiger partial charge in [0.05, 0.1) is 10.4 Å². The molecule has 1 aromatic rings. The van der Waals surface area contributed by atoms with Crippen molar-refractivity contribution in [3.63, 3.8) is 0 Å². The number of aliphatic carboxylic acids is 1. The molecule has 2 heterocycles. The number of rotatable bonds is 4. The first-order valence-electron chi connectivity index (χ1n) is 8.11. The van der Waals surface area contributed by atoms with Gasteiger partial charge in [0.15, 0.2) is 0 Å². The summed E-state index contributed by atoms with van der Waals surface area (Å²) in [5.74, 6) is -0.486. The Bertz CT molecular complexity index is 617. The lowest BCUT2D eigenvalue weighted by atomic mass is 9.81. The lowest BCUT2D eigenvalue weighted by Gasteiger charge is -2.23. The van der Waals surface area contributed by atoms with Crippen LogP contribution < -0.4 is 5.32 Å². The number of aromatic nitrogens is 1. The molecule has 1 aliphatic carbocycles. The number of carbonyl (C=O) groups is 2. The van der Waals surface area contributed by atoms with E-state index in [0.29, 0.717) is 26.1 Å². The van der Waals surface area contributed by atoms with Crippen LogP contribution >= 0.6 is 11.3 Å². The van der Waals surface area contributed by atoms with E-state index >= 15 is 0 Å². The molecule has 7 heteroatoms. The predicted molar refractivity (Wildman–Crippen MR) is 87.6 cm³/mol. The largest absolute Gasteiger partial charge is 0.481 e. The zero-order valence-electron chi connectivity index (χ0n) is 13.5. The van der Waals surface area contributed by atoms with Gasteiger partial charge in [-0.3, -0.25) is 4.79 Å². The number of likely N-dealkylation sites (tertiary alicyclic amines) is 1. The summed E-state index contributed by atoms with van der Waals surface area (Å²) >= 11 is 1.64. The normalized spacial score (nSPS) is 27.7. The van der Waals surface area contributed by atoms with Crippen LogP contribution in [-0.2, 0) is 4.79 Å². The monoisotopic (exact) mass is 337 g/mol. The van der Waals surface area contributed by atoms with Crippen molar-refractivity contribution < 1.29 is 14.7 Å². The minimum atomic E-state index is -0.748. The molecule has 3 rings (SSSR count). The third-order valence-corrected chi connectivity index (χ3v) is 6.35. The maximum absolute atomic E-state index is 12.4. The molecular formula is C16H23N3O3S. The Labute approximate surface area is 139 Å². The number of carbonyl (C=O) groups excluding carboxylic acids is 1. The molecule has 1 saturated heterocycles. The molecule has 1 aliphatic heterocycles. The molecule has 0 bridgehead atoms. The van der Waals surface area contributed by atoms with E-state index < -0.39 is 11.4 Å². The topological polar surface area (TPSA) is 82.5 Å². The average Bonchev–Trinajstić information content (AvgIpc) is 3.17. The second-order valence-corrected chi connectivity index (χ2v) is 8.09. The maximum atomic E-state index is 12.4. The van der Waals surface area contributed by atoms with Crippen LogP contribution in [-0.4, -0.2) is 46.6 Å². The van der Waals surface area contributed by atoms with Gasteiger partial charge in [-0.05, 0) is 25.7 Å². The van der Waals surface area contributed by atoms with Crippen molar-refractivity contribution in [2.24, 2.45) is 11.3 Å². The number of carboxylic acid groups (broad SMARTS) is 1. The number of nitrogens with zero attached hydrogens (tertiary/aromatic N) is 2. The Morgan fingerprint density at radius 3 is 3.00 bits per heavy atom. The van der Waals surface area contributed by atoms with Gasteiger partial charge in [-0.15, -0.1) is 11.3 Å². The van der Waals surface area contributed by atoms with Gasteiger partial charge in [-0.1, -0.05) is 13.3 Å². The summed E-state index contributed by atoms with van der Waals surface area (Å²) in [4.78, 5) is 31.2. The number of thiazole rings is 1. The fourth-order valence-corrected chi connectivity index (χ4v) is 4.66. The van der Waals surface area contributed by atoms with Crippen LogP contribution in [0.5, 0.6) is 0 Å². The summed E-state index contributed by atoms with van der Waals surface area (Å²) < 4.78 is 0. The van der Waals surface area contributed by atoms with Crippen LogP contribution in [0.15, 0.2) is 6.20 Å². The summed E-state index contributed by atoms with van der Waals surface area (Å²) in [6, 6.07) is -0.153. The van der Waals surface area contributed by atoms with Gasteiger partial charge in [0, 0.05) is 36.6 Å². The van der Waals surface area contributed by atoms with Gasteiger partial charge in [0.1, 0.15) is 0 Å². The summed E-state index contributed by atoms with van der Waals surface area (Å²) in [5.41, 5.74) is -0.713. The number of amides is 2. The molecule has 23 heavy (non-hydrogen) atoms. The molecule has 2 amide bonds. The van der Waals surface area contributed by atoms with Gasteiger partial charge >= 0.3 is 12.0 Å². The van der Waals surface area contributed by atoms with E-state index in [4.69, 9.17) is 0 Å². The fourth-order valence-electron chi connectivity index (χ4n) is 3.83. The standard InChI is InChI=1S/C16H23N3O3S/c1-10(13-17-7-11(2)23-13)6-18-15(22)19-8-12-4-3-5-16(12,9-19)14(20)21/h7,10,12H,3-6,8-9H2,1-2H3,(H,18,22)(H,20,21)/t10?,12-,16+/m0/s1. The third kappa shape index (κ3) is 2.94. The Hall–Kier alpha value is -1.63. The van der Waals surface area contributed by atoms with Crippen molar-refractivity contribution >= 4 is 23.3 Å². The molecule has 0 aromatic carbocycles. The first-order valence-corrected chi connectivity index (χ1v) is 8.92. The van der Waals surface area contributed by atoms with E-state index in [9.17, 15) is 14.7 Å². The number of urea groups is 1. The fraction of sp³-hybridized carbons (Fsp3) is 0.688. The highest BCUT2D eigenvalue weighted by molar-refractivity contribution is 7.11. The summed E-state index contributed by atoms with van der Waals surface area (Å²) in [6.45, 7) is 5.47. The van der Waals surface area contributed by atoms with Crippen LogP contribution in [0.2, 0.25) is 0 Å². The highest BCUT2D eigenvalue weighted by Crippen LogP contribution is 2.48. The second kappa shape index (κ2) is 6.11. The number of nitrogens with one attached hydrogen (secondary N) is 1. The average molecular weight is 337 g/mol. The second-order valence-electron chi connectivity index (χ2n) is 6.83. The number of carboxylic acids is 1. The summed E-state index contributed by atoms with van der Waals surface area (Å²) in [7, 11) is 0. The van der Waals surface area contributed by atoms with Crippen LogP contribution in [0, 0.1) is 18.3 Å². The zero-order chi connectivity index (χ0) is 16.6.